The Morgan fingerprint density at radius 2 is 2.17 bits per heavy atom. The Balaban J connectivity index is 0.00000264. The maximum Gasteiger partial charge on any atom is 0.324 e. The smallest absolute Gasteiger partial charge is 0.324 e. The summed E-state index contributed by atoms with van der Waals surface area (Å²) in [4.78, 5) is 32.5. The van der Waals surface area contributed by atoms with E-state index < -0.39 is 0 Å². The normalized spacial score (nSPS) is 14.5. The second-order valence-electron chi connectivity index (χ2n) is 4.74. The number of guanidine groups is 1. The third kappa shape index (κ3) is 5.94. The van der Waals surface area contributed by atoms with Crippen LogP contribution in [0.5, 0.6) is 0 Å². The minimum atomic E-state index is -0.339. The summed E-state index contributed by atoms with van der Waals surface area (Å²) in [5.74, 6) is 0.438. The molecule has 1 saturated heterocycles. The number of carbonyl (C=O) groups excluding carboxylic acids is 2. The number of thiazole rings is 1. The summed E-state index contributed by atoms with van der Waals surface area (Å²) in [5, 5.41) is 11.8. The van der Waals surface area contributed by atoms with Crippen LogP contribution in [-0.2, 0) is 11.2 Å². The van der Waals surface area contributed by atoms with E-state index in [9.17, 15) is 9.59 Å². The van der Waals surface area contributed by atoms with Gasteiger partial charge in [0.25, 0.3) is 0 Å². The summed E-state index contributed by atoms with van der Waals surface area (Å²) in [6.45, 7) is 3.55. The molecule has 10 heteroatoms. The molecule has 2 heterocycles. The molecule has 0 unspecified atom stereocenters. The van der Waals surface area contributed by atoms with Gasteiger partial charge >= 0.3 is 6.03 Å². The molecule has 2 rings (SSSR count). The molecule has 0 saturated carbocycles. The lowest BCUT2D eigenvalue weighted by atomic mass is 10.3. The van der Waals surface area contributed by atoms with Crippen molar-refractivity contribution in [1.29, 1.82) is 0 Å². The summed E-state index contributed by atoms with van der Waals surface area (Å²) in [5.41, 5.74) is 1.06. The van der Waals surface area contributed by atoms with Gasteiger partial charge in [0.05, 0.1) is 17.2 Å². The van der Waals surface area contributed by atoms with Gasteiger partial charge in [-0.15, -0.1) is 35.3 Å². The molecule has 1 aromatic rings. The first kappa shape index (κ1) is 19.6. The molecular formula is C13H21IN6O2S. The molecule has 1 fully saturated rings. The van der Waals surface area contributed by atoms with Gasteiger partial charge in [0.2, 0.25) is 5.91 Å². The first-order valence-electron chi connectivity index (χ1n) is 7.04. The molecule has 0 bridgehead atoms. The van der Waals surface area contributed by atoms with E-state index in [1.807, 2.05) is 12.3 Å². The molecule has 1 aromatic heterocycles. The highest BCUT2D eigenvalue weighted by Gasteiger charge is 2.27. The summed E-state index contributed by atoms with van der Waals surface area (Å²) >= 11 is 1.64. The average Bonchev–Trinajstić information content (AvgIpc) is 3.05. The van der Waals surface area contributed by atoms with Gasteiger partial charge in [-0.25, -0.2) is 9.78 Å². The lowest BCUT2D eigenvalue weighted by molar-refractivity contribution is -0.124. The van der Waals surface area contributed by atoms with Gasteiger partial charge in [0, 0.05) is 38.5 Å². The van der Waals surface area contributed by atoms with E-state index in [0.29, 0.717) is 25.6 Å². The fraction of sp³-hybridized carbons (Fsp3) is 0.538. The van der Waals surface area contributed by atoms with E-state index in [0.717, 1.165) is 17.1 Å². The van der Waals surface area contributed by atoms with Crippen molar-refractivity contribution in [1.82, 2.24) is 25.8 Å². The van der Waals surface area contributed by atoms with Gasteiger partial charge in [-0.05, 0) is 6.92 Å². The largest absolute Gasteiger partial charge is 0.356 e. The number of aryl methyl sites for hydroxylation is 1. The summed E-state index contributed by atoms with van der Waals surface area (Å²) < 4.78 is 0. The van der Waals surface area contributed by atoms with Crippen molar-refractivity contribution in [3.8, 4) is 0 Å². The molecule has 8 nitrogen and oxygen atoms in total. The van der Waals surface area contributed by atoms with Crippen molar-refractivity contribution in [2.45, 2.75) is 13.3 Å². The molecule has 1 aliphatic rings. The number of aromatic nitrogens is 1. The number of hydrogen-bond acceptors (Lipinski definition) is 5. The van der Waals surface area contributed by atoms with Crippen LogP contribution in [0.2, 0.25) is 0 Å². The Morgan fingerprint density at radius 1 is 1.43 bits per heavy atom. The Labute approximate surface area is 156 Å². The highest BCUT2D eigenvalue weighted by Crippen LogP contribution is 2.07. The zero-order valence-corrected chi connectivity index (χ0v) is 16.2. The number of nitrogens with zero attached hydrogens (tertiary/aromatic N) is 3. The predicted molar refractivity (Wildman–Crippen MR) is 100 cm³/mol. The lowest BCUT2D eigenvalue weighted by Crippen LogP contribution is -2.43. The van der Waals surface area contributed by atoms with E-state index in [1.54, 1.807) is 18.4 Å². The topological polar surface area (TPSA) is 98.7 Å². The molecule has 0 atom stereocenters. The Morgan fingerprint density at radius 3 is 2.74 bits per heavy atom. The van der Waals surface area contributed by atoms with Crippen LogP contribution in [-0.4, -0.2) is 61.0 Å². The van der Waals surface area contributed by atoms with Crippen molar-refractivity contribution >= 4 is 53.2 Å². The van der Waals surface area contributed by atoms with Crippen LogP contribution in [0.3, 0.4) is 0 Å². The molecule has 0 spiro atoms. The number of nitrogens with one attached hydrogen (secondary N) is 3. The summed E-state index contributed by atoms with van der Waals surface area (Å²) in [7, 11) is 1.68. The van der Waals surface area contributed by atoms with Gasteiger partial charge in [0.15, 0.2) is 5.96 Å². The maximum absolute atomic E-state index is 11.4. The number of halogens is 1. The van der Waals surface area contributed by atoms with Crippen LogP contribution in [0.4, 0.5) is 4.79 Å². The highest BCUT2D eigenvalue weighted by atomic mass is 127. The molecule has 0 aliphatic carbocycles. The standard InChI is InChI=1S/C13H20N6O2S.HI/c1-9-18-10(8-22-9)3-4-15-12(14-2)16-5-6-19-11(20)7-17-13(19)21;/h8H,3-7H2,1-2H3,(H,17,21)(H2,14,15,16);1H. The zero-order valence-electron chi connectivity index (χ0n) is 13.1. The van der Waals surface area contributed by atoms with E-state index in [-0.39, 0.29) is 42.5 Å². The van der Waals surface area contributed by atoms with Gasteiger partial charge in [0.1, 0.15) is 0 Å². The quantitative estimate of drug-likeness (QED) is 0.250. The van der Waals surface area contributed by atoms with E-state index in [1.165, 1.54) is 4.90 Å². The van der Waals surface area contributed by atoms with Crippen LogP contribution in [0.1, 0.15) is 10.7 Å². The fourth-order valence-electron chi connectivity index (χ4n) is 2.02. The van der Waals surface area contributed by atoms with E-state index in [2.05, 4.69) is 25.9 Å². The average molecular weight is 452 g/mol. The first-order chi connectivity index (χ1) is 10.6. The minimum Gasteiger partial charge on any atom is -0.356 e. The third-order valence-electron chi connectivity index (χ3n) is 3.13. The number of aliphatic imine (C=N–C) groups is 1. The van der Waals surface area contributed by atoms with E-state index in [4.69, 9.17) is 0 Å². The molecule has 0 aromatic carbocycles. The van der Waals surface area contributed by atoms with Gasteiger partial charge in [-0.2, -0.15) is 0 Å². The highest BCUT2D eigenvalue weighted by molar-refractivity contribution is 14.0. The third-order valence-corrected chi connectivity index (χ3v) is 3.95. The lowest BCUT2D eigenvalue weighted by Gasteiger charge is -2.15. The van der Waals surface area contributed by atoms with Crippen molar-refractivity contribution in [3.05, 3.63) is 16.1 Å². The molecule has 0 radical (unpaired) electrons. The predicted octanol–water partition coefficient (Wildman–Crippen LogP) is 0.329. The van der Waals surface area contributed by atoms with E-state index >= 15 is 0 Å². The Hall–Kier alpha value is -1.43. The maximum atomic E-state index is 11.4. The van der Waals surface area contributed by atoms with Crippen LogP contribution in [0, 0.1) is 6.92 Å². The number of imide groups is 1. The van der Waals surface area contributed by atoms with Crippen molar-refractivity contribution < 1.29 is 9.59 Å². The number of amides is 3. The van der Waals surface area contributed by atoms with Crippen LogP contribution < -0.4 is 16.0 Å². The second-order valence-corrected chi connectivity index (χ2v) is 5.80. The SMILES string of the molecule is CN=C(NCCc1csc(C)n1)NCCN1C(=O)CNC1=O.I. The number of rotatable bonds is 6. The van der Waals surface area contributed by atoms with Crippen molar-refractivity contribution in [3.63, 3.8) is 0 Å². The molecular weight excluding hydrogens is 431 g/mol. The monoisotopic (exact) mass is 452 g/mol. The molecule has 23 heavy (non-hydrogen) atoms. The van der Waals surface area contributed by atoms with Gasteiger partial charge in [-0.1, -0.05) is 0 Å². The Bertz CT molecular complexity index is 561. The van der Waals surface area contributed by atoms with Gasteiger partial charge in [-0.3, -0.25) is 14.7 Å². The molecule has 128 valence electrons. The fourth-order valence-corrected chi connectivity index (χ4v) is 2.67. The number of urea groups is 1. The number of hydrogen-bond donors (Lipinski definition) is 3. The molecule has 3 amide bonds. The van der Waals surface area contributed by atoms with Crippen LogP contribution in [0.25, 0.3) is 0 Å². The minimum absolute atomic E-state index is 0. The van der Waals surface area contributed by atoms with Crippen LogP contribution >= 0.6 is 35.3 Å². The first-order valence-corrected chi connectivity index (χ1v) is 7.92. The molecule has 1 aliphatic heterocycles. The van der Waals surface area contributed by atoms with Crippen molar-refractivity contribution in [2.75, 3.05) is 33.2 Å². The zero-order chi connectivity index (χ0) is 15.9. The summed E-state index contributed by atoms with van der Waals surface area (Å²) in [6.07, 6.45) is 0.818. The van der Waals surface area contributed by atoms with Crippen molar-refractivity contribution in [2.24, 2.45) is 4.99 Å². The second kappa shape index (κ2) is 9.65. The number of carbonyl (C=O) groups is 2. The van der Waals surface area contributed by atoms with Crippen LogP contribution in [0.15, 0.2) is 10.4 Å². The summed E-state index contributed by atoms with van der Waals surface area (Å²) in [6, 6.07) is -0.339. The van der Waals surface area contributed by atoms with Gasteiger partial charge < -0.3 is 16.0 Å². The Kier molecular flexibility index (Phi) is 8.23. The molecule has 3 N–H and O–H groups in total.